The fourth-order valence-electron chi connectivity index (χ4n) is 3.75. The Morgan fingerprint density at radius 1 is 0.767 bits per heavy atom. The van der Waals surface area contributed by atoms with E-state index in [-0.39, 0.29) is 0 Å². The second-order valence-electron chi connectivity index (χ2n) is 7.17. The van der Waals surface area contributed by atoms with E-state index in [1.165, 1.54) is 27.8 Å². The number of benzene rings is 4. The lowest BCUT2D eigenvalue weighted by Gasteiger charge is -2.09. The van der Waals surface area contributed by atoms with Crippen LogP contribution in [-0.4, -0.2) is 5.11 Å². The summed E-state index contributed by atoms with van der Waals surface area (Å²) in [6.07, 6.45) is 2.67. The number of rotatable bonds is 2. The minimum absolute atomic E-state index is 0.368. The number of hydrogen-bond acceptors (Lipinski definition) is 3. The van der Waals surface area contributed by atoms with E-state index >= 15 is 0 Å². The zero-order chi connectivity index (χ0) is 20.9. The molecule has 0 radical (unpaired) electrons. The Bertz CT molecular complexity index is 1200. The van der Waals surface area contributed by atoms with Gasteiger partial charge in [-0.05, 0) is 70.5 Å². The first-order valence-electron chi connectivity index (χ1n) is 9.78. The number of nitrogens with zero attached hydrogens (tertiary/aromatic N) is 1. The maximum atomic E-state index is 8.92. The van der Waals surface area contributed by atoms with Crippen molar-refractivity contribution in [2.75, 3.05) is 0 Å². The minimum Gasteiger partial charge on any atom is -0.508 e. The molecule has 0 spiro atoms. The van der Waals surface area contributed by atoms with Crippen LogP contribution in [0.1, 0.15) is 16.7 Å². The predicted molar refractivity (Wildman–Crippen MR) is 119 cm³/mol. The van der Waals surface area contributed by atoms with Gasteiger partial charge in [0.15, 0.2) is 0 Å². The molecule has 0 aromatic heterocycles. The van der Waals surface area contributed by atoms with Crippen LogP contribution in [0.2, 0.25) is 0 Å². The van der Waals surface area contributed by atoms with Crippen LogP contribution in [0.4, 0.5) is 0 Å². The highest BCUT2D eigenvalue weighted by molar-refractivity contribution is 5.84. The molecule has 4 aromatic carbocycles. The molecule has 5 rings (SSSR count). The van der Waals surface area contributed by atoms with Gasteiger partial charge in [-0.15, -0.1) is 5.26 Å². The number of fused-ring (bicyclic) bond motifs is 3. The van der Waals surface area contributed by atoms with Crippen LogP contribution in [0.5, 0.6) is 11.5 Å². The normalized spacial score (nSPS) is 10.8. The average molecular weight is 391 g/mol. The number of ether oxygens (including phenoxy) is 1. The molecule has 4 aromatic rings. The van der Waals surface area contributed by atoms with Gasteiger partial charge in [0.25, 0.3) is 6.26 Å². The first-order chi connectivity index (χ1) is 14.7. The number of phenolic OH excluding ortho intramolecular Hbond substituents is 1. The monoisotopic (exact) mass is 391 g/mol. The third-order valence-corrected chi connectivity index (χ3v) is 5.30. The predicted octanol–water partition coefficient (Wildman–Crippen LogP) is 6.49. The van der Waals surface area contributed by atoms with Gasteiger partial charge < -0.3 is 9.84 Å². The van der Waals surface area contributed by atoms with E-state index in [4.69, 9.17) is 15.1 Å². The fraction of sp³-hybridized carbons (Fsp3) is 0.0741. The van der Waals surface area contributed by atoms with Gasteiger partial charge in [-0.2, -0.15) is 0 Å². The van der Waals surface area contributed by atoms with E-state index in [0.29, 0.717) is 11.5 Å². The molecule has 0 saturated carbocycles. The third-order valence-electron chi connectivity index (χ3n) is 5.30. The van der Waals surface area contributed by atoms with Crippen molar-refractivity contribution in [1.82, 2.24) is 0 Å². The van der Waals surface area contributed by atoms with Gasteiger partial charge in [-0.1, -0.05) is 72.8 Å². The van der Waals surface area contributed by atoms with E-state index in [9.17, 15) is 0 Å². The lowest BCUT2D eigenvalue weighted by molar-refractivity contribution is 0.471. The van der Waals surface area contributed by atoms with Crippen LogP contribution < -0.4 is 4.74 Å². The van der Waals surface area contributed by atoms with Crippen LogP contribution in [0.15, 0.2) is 91.0 Å². The first-order valence-corrected chi connectivity index (χ1v) is 9.78. The Kier molecular flexibility index (Phi) is 5.50. The summed E-state index contributed by atoms with van der Waals surface area (Å²) in [6, 6.07) is 30.0. The molecule has 1 aliphatic rings. The molecule has 0 bridgehead atoms. The minimum atomic E-state index is 0.368. The van der Waals surface area contributed by atoms with Crippen LogP contribution in [0.25, 0.3) is 22.3 Å². The molecule has 1 N–H and O–H groups in total. The lowest BCUT2D eigenvalue weighted by Crippen LogP contribution is -1.88. The Balaban J connectivity index is 0.000000230. The molecule has 3 heteroatoms. The van der Waals surface area contributed by atoms with Crippen LogP contribution >= 0.6 is 0 Å². The van der Waals surface area contributed by atoms with E-state index in [1.54, 1.807) is 12.3 Å². The molecule has 1 aliphatic carbocycles. The van der Waals surface area contributed by atoms with Crippen molar-refractivity contribution in [3.63, 3.8) is 0 Å². The molecule has 0 unspecified atom stereocenters. The first kappa shape index (κ1) is 19.3. The summed E-state index contributed by atoms with van der Waals surface area (Å²) in [6.45, 7) is 1.87. The molecular weight excluding hydrogens is 370 g/mol. The van der Waals surface area contributed by atoms with Crippen molar-refractivity contribution in [2.24, 2.45) is 0 Å². The number of phenols is 1. The smallest absolute Gasteiger partial charge is 0.292 e. The zero-order valence-electron chi connectivity index (χ0n) is 16.7. The Morgan fingerprint density at radius 3 is 2.13 bits per heavy atom. The number of aryl methyl sites for hydroxylation is 1. The SMILES string of the molecule is Cc1ccccc1O.N#COc1ccc(-c2cccc3c2Cc2ccccc2-3)cc1. The molecule has 3 nitrogen and oxygen atoms in total. The van der Waals surface area contributed by atoms with Crippen LogP contribution in [0, 0.1) is 18.4 Å². The van der Waals surface area contributed by atoms with Gasteiger partial charge in [-0.25, -0.2) is 0 Å². The molecule has 30 heavy (non-hydrogen) atoms. The summed E-state index contributed by atoms with van der Waals surface area (Å²) in [5.41, 5.74) is 8.74. The maximum Gasteiger partial charge on any atom is 0.292 e. The highest BCUT2D eigenvalue weighted by atomic mass is 16.5. The van der Waals surface area contributed by atoms with Gasteiger partial charge in [0.2, 0.25) is 0 Å². The van der Waals surface area contributed by atoms with Gasteiger partial charge in [0.1, 0.15) is 11.5 Å². The van der Waals surface area contributed by atoms with Gasteiger partial charge >= 0.3 is 0 Å². The summed E-state index contributed by atoms with van der Waals surface area (Å²) in [5, 5.41) is 17.5. The van der Waals surface area contributed by atoms with E-state index < -0.39 is 0 Å². The van der Waals surface area contributed by atoms with Gasteiger partial charge in [0, 0.05) is 0 Å². The van der Waals surface area contributed by atoms with Crippen molar-refractivity contribution < 1.29 is 9.84 Å². The zero-order valence-corrected chi connectivity index (χ0v) is 16.7. The summed E-state index contributed by atoms with van der Waals surface area (Å²) in [4.78, 5) is 0. The van der Waals surface area contributed by atoms with Gasteiger partial charge in [-0.3, -0.25) is 0 Å². The Morgan fingerprint density at radius 2 is 1.43 bits per heavy atom. The average Bonchev–Trinajstić information content (AvgIpc) is 3.16. The number of nitriles is 1. The fourth-order valence-corrected chi connectivity index (χ4v) is 3.75. The molecule has 0 saturated heterocycles. The lowest BCUT2D eigenvalue weighted by atomic mass is 9.96. The highest BCUT2D eigenvalue weighted by Gasteiger charge is 2.20. The molecular formula is C27H21NO2. The molecule has 0 aliphatic heterocycles. The summed E-state index contributed by atoms with van der Waals surface area (Å²) in [7, 11) is 0. The maximum absolute atomic E-state index is 8.92. The molecule has 0 heterocycles. The van der Waals surface area contributed by atoms with Gasteiger partial charge in [0.05, 0.1) is 0 Å². The van der Waals surface area contributed by atoms with Crippen molar-refractivity contribution in [3.05, 3.63) is 108 Å². The molecule has 146 valence electrons. The number of aromatic hydroxyl groups is 1. The van der Waals surface area contributed by atoms with Crippen molar-refractivity contribution >= 4 is 0 Å². The summed E-state index contributed by atoms with van der Waals surface area (Å²) >= 11 is 0. The third kappa shape index (κ3) is 3.90. The molecule has 0 amide bonds. The van der Waals surface area contributed by atoms with Crippen molar-refractivity contribution in [1.29, 1.82) is 5.26 Å². The van der Waals surface area contributed by atoms with Crippen molar-refractivity contribution in [2.45, 2.75) is 13.3 Å². The highest BCUT2D eigenvalue weighted by Crippen LogP contribution is 2.41. The topological polar surface area (TPSA) is 53.2 Å². The summed E-state index contributed by atoms with van der Waals surface area (Å²) < 4.78 is 4.85. The van der Waals surface area contributed by atoms with E-state index in [0.717, 1.165) is 17.5 Å². The molecule has 0 fully saturated rings. The quantitative estimate of drug-likeness (QED) is 0.350. The Labute approximate surface area is 176 Å². The van der Waals surface area contributed by atoms with E-state index in [1.807, 2.05) is 49.4 Å². The standard InChI is InChI=1S/C20H13NO.C7H8O/c21-13-22-16-10-8-14(9-11-16)17-6-3-7-19-18-5-2-1-4-15(18)12-20(17)19;1-6-4-2-3-5-7(6)8/h1-11H,12H2;2-5,8H,1H3. The number of hydrogen-bond donors (Lipinski definition) is 1. The number of para-hydroxylation sites is 1. The molecule has 0 atom stereocenters. The second kappa shape index (κ2) is 8.55. The van der Waals surface area contributed by atoms with E-state index in [2.05, 4.69) is 42.5 Å². The summed E-state index contributed by atoms with van der Waals surface area (Å²) in [5.74, 6) is 0.939. The Hall–Kier alpha value is -4.03. The van der Waals surface area contributed by atoms with Crippen LogP contribution in [-0.2, 0) is 6.42 Å². The van der Waals surface area contributed by atoms with Crippen LogP contribution in [0.3, 0.4) is 0 Å². The van der Waals surface area contributed by atoms with Crippen molar-refractivity contribution in [3.8, 4) is 40.0 Å². The largest absolute Gasteiger partial charge is 0.508 e. The second-order valence-corrected chi connectivity index (χ2v) is 7.17.